The van der Waals surface area contributed by atoms with Gasteiger partial charge in [0.1, 0.15) is 12.0 Å². The van der Waals surface area contributed by atoms with Crippen molar-refractivity contribution in [3.63, 3.8) is 0 Å². The van der Waals surface area contributed by atoms with Crippen LogP contribution in [0.4, 0.5) is 0 Å². The van der Waals surface area contributed by atoms with E-state index in [-0.39, 0.29) is 55.9 Å². The summed E-state index contributed by atoms with van der Waals surface area (Å²) >= 11 is 0. The number of carbonyl (C=O) groups is 2. The number of ether oxygens (including phenoxy) is 1. The van der Waals surface area contributed by atoms with Crippen molar-refractivity contribution >= 4 is 26.3 Å². The first-order valence-electron chi connectivity index (χ1n) is 18.1. The molecule has 52 heavy (non-hydrogen) atoms. The topological polar surface area (TPSA) is 156 Å². The monoisotopic (exact) mass is 741 g/mol. The number of nitrogens with zero attached hydrogens (tertiary/aromatic N) is 3. The van der Waals surface area contributed by atoms with Crippen LogP contribution in [0.5, 0.6) is 0 Å². The van der Waals surface area contributed by atoms with Gasteiger partial charge in [-0.3, -0.25) is 23.9 Å². The molecule has 0 spiro atoms. The number of rotatable bonds is 20. The molecule has 12 nitrogen and oxygen atoms in total. The van der Waals surface area contributed by atoms with Crippen molar-refractivity contribution < 1.29 is 23.4 Å². The fourth-order valence-corrected chi connectivity index (χ4v) is 7.86. The second-order valence-electron chi connectivity index (χ2n) is 14.0. The summed E-state index contributed by atoms with van der Waals surface area (Å²) in [5.74, 6) is 0.0277. The van der Waals surface area contributed by atoms with Crippen LogP contribution in [0.15, 0.2) is 46.1 Å². The lowest BCUT2D eigenvalue weighted by Gasteiger charge is -2.37. The van der Waals surface area contributed by atoms with Crippen molar-refractivity contribution in [2.45, 2.75) is 138 Å². The number of Topliss-reactive ketones (excluding diaryl/α,β-unsaturated/α-hetero) is 1. The van der Waals surface area contributed by atoms with Crippen molar-refractivity contribution in [2.75, 3.05) is 13.2 Å². The smallest absolute Gasteiger partial charge is 0.330 e. The molecule has 0 radical (unpaired) electrons. The predicted octanol–water partition coefficient (Wildman–Crippen LogP) is 7.01. The van der Waals surface area contributed by atoms with Gasteiger partial charge >= 0.3 is 5.69 Å². The Hall–Kier alpha value is -3.46. The first-order valence-corrected chi connectivity index (χ1v) is 19.2. The summed E-state index contributed by atoms with van der Waals surface area (Å²) in [5.41, 5.74) is 1.09. The average Bonchev–Trinajstić information content (AvgIpc) is 3.48. The van der Waals surface area contributed by atoms with Gasteiger partial charge in [0.25, 0.3) is 14.1 Å². The van der Waals surface area contributed by atoms with Crippen LogP contribution in [0.2, 0.25) is 0 Å². The van der Waals surface area contributed by atoms with E-state index in [2.05, 4.69) is 74.7 Å². The number of H-pyrrole nitrogens is 1. The largest absolute Gasteiger partial charge is 0.353 e. The molecule has 0 aliphatic carbocycles. The van der Waals surface area contributed by atoms with E-state index in [0.29, 0.717) is 38.1 Å². The zero-order chi connectivity index (χ0) is 37.7. The molecule has 3 rings (SSSR count). The van der Waals surface area contributed by atoms with Crippen LogP contribution < -0.4 is 16.6 Å². The number of ketones is 1. The molecule has 1 fully saturated rings. The number of benzene rings is 1. The molecule has 1 saturated heterocycles. The third-order valence-electron chi connectivity index (χ3n) is 8.70. The standard InChI is InChI=1S/C38H56N5O7P.CH4/c1-9-33-34(50-51(48-21-11-19-39)43(26(4)5)27(6)7)23-36(49-33)42-24-31(37(46)41-38(42)47)17-18-35(45)40-20-10-12-32(44)28(8)30-15-13-29(14-16-30)22-25(2)3;/h13-18,24-28,33-34,36H,9-12,20-23H2,1-8H3,(H,40,45)(H,41,46,47);1H4/b18-17+;/t28-,33+,34?,36+,51?;/m0./s1. The van der Waals surface area contributed by atoms with E-state index in [0.717, 1.165) is 12.0 Å². The molecule has 0 bridgehead atoms. The van der Waals surface area contributed by atoms with Gasteiger partial charge in [0.15, 0.2) is 0 Å². The Labute approximate surface area is 310 Å². The molecule has 1 aromatic heterocycles. The molecule has 1 aliphatic rings. The van der Waals surface area contributed by atoms with Crippen LogP contribution >= 0.6 is 8.53 Å². The first-order chi connectivity index (χ1) is 24.2. The summed E-state index contributed by atoms with van der Waals surface area (Å²) in [6, 6.07) is 10.6. The lowest BCUT2D eigenvalue weighted by atomic mass is 9.92. The number of carbonyl (C=O) groups excluding carboxylic acids is 2. The number of hydrogen-bond acceptors (Lipinski definition) is 9. The van der Waals surface area contributed by atoms with Gasteiger partial charge in [-0.05, 0) is 70.1 Å². The number of nitrogens with one attached hydrogen (secondary N) is 2. The van der Waals surface area contributed by atoms with Gasteiger partial charge in [0.2, 0.25) is 5.91 Å². The van der Waals surface area contributed by atoms with E-state index in [9.17, 15) is 19.2 Å². The normalized spacial score (nSPS) is 18.6. The summed E-state index contributed by atoms with van der Waals surface area (Å²) in [4.78, 5) is 53.3. The van der Waals surface area contributed by atoms with E-state index in [4.69, 9.17) is 19.0 Å². The van der Waals surface area contributed by atoms with Crippen molar-refractivity contribution in [3.05, 3.63) is 74.1 Å². The van der Waals surface area contributed by atoms with Crippen LogP contribution in [-0.4, -0.2) is 63.4 Å². The van der Waals surface area contributed by atoms with Gasteiger partial charge in [-0.2, -0.15) is 5.26 Å². The number of aromatic amines is 1. The van der Waals surface area contributed by atoms with E-state index in [1.807, 2.05) is 26.0 Å². The SMILES string of the molecule is C.CC[C@H]1O[C@@H](n2cc(/C=C/C(=O)NCCCC(=O)[C@@H](C)c3ccc(CC(C)C)cc3)c(=O)[nH]c2=O)CC1OP(OCCC#N)N(C(C)C)C(C)C. The molecule has 1 amide bonds. The van der Waals surface area contributed by atoms with Gasteiger partial charge in [-0.15, -0.1) is 0 Å². The van der Waals surface area contributed by atoms with Crippen LogP contribution in [0.3, 0.4) is 0 Å². The molecule has 0 saturated carbocycles. The highest BCUT2D eigenvalue weighted by Crippen LogP contribution is 2.50. The Morgan fingerprint density at radius 2 is 1.81 bits per heavy atom. The first kappa shape index (κ1) is 44.7. The van der Waals surface area contributed by atoms with E-state index in [1.165, 1.54) is 28.5 Å². The highest BCUT2D eigenvalue weighted by atomic mass is 31.2. The van der Waals surface area contributed by atoms with Crippen molar-refractivity contribution in [2.24, 2.45) is 5.92 Å². The summed E-state index contributed by atoms with van der Waals surface area (Å²) in [5, 5.41) is 11.8. The second kappa shape index (κ2) is 21.9. The molecule has 2 unspecified atom stereocenters. The highest BCUT2D eigenvalue weighted by molar-refractivity contribution is 7.44. The highest BCUT2D eigenvalue weighted by Gasteiger charge is 2.40. The van der Waals surface area contributed by atoms with Gasteiger partial charge in [0, 0.05) is 49.7 Å². The van der Waals surface area contributed by atoms with E-state index < -0.39 is 38.0 Å². The lowest BCUT2D eigenvalue weighted by molar-refractivity contribution is -0.120. The minimum Gasteiger partial charge on any atom is -0.353 e. The van der Waals surface area contributed by atoms with Crippen molar-refractivity contribution in [3.8, 4) is 6.07 Å². The Morgan fingerprint density at radius 3 is 2.40 bits per heavy atom. The molecule has 288 valence electrons. The van der Waals surface area contributed by atoms with Gasteiger partial charge in [0.05, 0.1) is 36.9 Å². The van der Waals surface area contributed by atoms with Gasteiger partial charge in [-0.1, -0.05) is 59.4 Å². The molecule has 1 aromatic carbocycles. The second-order valence-corrected chi connectivity index (χ2v) is 15.4. The van der Waals surface area contributed by atoms with Crippen molar-refractivity contribution in [1.29, 1.82) is 5.26 Å². The summed E-state index contributed by atoms with van der Waals surface area (Å²) < 4.78 is 22.3. The Kier molecular flexibility index (Phi) is 18.8. The lowest BCUT2D eigenvalue weighted by Crippen LogP contribution is -2.35. The van der Waals surface area contributed by atoms with Gasteiger partial charge < -0.3 is 19.1 Å². The number of amides is 1. The van der Waals surface area contributed by atoms with E-state index >= 15 is 0 Å². The molecule has 5 atom stereocenters. The van der Waals surface area contributed by atoms with Gasteiger partial charge in [-0.25, -0.2) is 9.46 Å². The quantitative estimate of drug-likeness (QED) is 0.0828. The minimum absolute atomic E-state index is 0. The third kappa shape index (κ3) is 13.2. The maximum Gasteiger partial charge on any atom is 0.330 e. The van der Waals surface area contributed by atoms with E-state index in [1.54, 1.807) is 0 Å². The fraction of sp³-hybridized carbons (Fsp3) is 0.615. The number of hydrogen-bond donors (Lipinski definition) is 2. The van der Waals surface area contributed by atoms with Crippen LogP contribution in [-0.2, 0) is 29.8 Å². The predicted molar refractivity (Wildman–Crippen MR) is 207 cm³/mol. The third-order valence-corrected chi connectivity index (χ3v) is 10.9. The van der Waals surface area contributed by atoms with Crippen LogP contribution in [0, 0.1) is 17.2 Å². The van der Waals surface area contributed by atoms with Crippen LogP contribution in [0.1, 0.15) is 124 Å². The maximum atomic E-state index is 12.9. The Bertz CT molecular complexity index is 1600. The summed E-state index contributed by atoms with van der Waals surface area (Å²) in [6.07, 6.45) is 5.52. The minimum atomic E-state index is -1.52. The van der Waals surface area contributed by atoms with Crippen LogP contribution in [0.25, 0.3) is 6.08 Å². The average molecular weight is 742 g/mol. The zero-order valence-electron chi connectivity index (χ0n) is 31.4. The Morgan fingerprint density at radius 1 is 1.13 bits per heavy atom. The fourth-order valence-electron chi connectivity index (χ4n) is 6.10. The molecule has 1 aliphatic heterocycles. The summed E-state index contributed by atoms with van der Waals surface area (Å²) in [7, 11) is -1.52. The summed E-state index contributed by atoms with van der Waals surface area (Å²) in [6.45, 7) is 17.0. The molecular formula is C39H60N5O7P. The molecule has 2 aromatic rings. The molecule has 2 N–H and O–H groups in total. The zero-order valence-corrected chi connectivity index (χ0v) is 32.3. The van der Waals surface area contributed by atoms with Crippen molar-refractivity contribution in [1.82, 2.24) is 19.5 Å². The molecule has 13 heteroatoms. The number of aromatic nitrogens is 2. The molecular weight excluding hydrogens is 681 g/mol. The Balaban J connectivity index is 0.00000936. The maximum absolute atomic E-state index is 12.9. The molecule has 2 heterocycles. The number of nitriles is 1.